The van der Waals surface area contributed by atoms with E-state index in [1.807, 2.05) is 0 Å². The molecule has 1 aromatic carbocycles. The number of nitrogens with one attached hydrogen (secondary N) is 1. The van der Waals surface area contributed by atoms with Gasteiger partial charge in [0.05, 0.1) is 0 Å². The first-order valence-corrected chi connectivity index (χ1v) is 6.20. The van der Waals surface area contributed by atoms with Crippen LogP contribution in [0.2, 0.25) is 0 Å². The van der Waals surface area contributed by atoms with Crippen molar-refractivity contribution in [2.24, 2.45) is 0 Å². The molecule has 1 heterocycles. The molecule has 0 bridgehead atoms. The summed E-state index contributed by atoms with van der Waals surface area (Å²) in [7, 11) is 0. The van der Waals surface area contributed by atoms with Gasteiger partial charge in [-0.25, -0.2) is 0 Å². The molecule has 2 aromatic rings. The van der Waals surface area contributed by atoms with Gasteiger partial charge in [-0.05, 0) is 29.8 Å². The van der Waals surface area contributed by atoms with Crippen molar-refractivity contribution < 1.29 is 18.0 Å². The minimum Gasteiger partial charge on any atom is -0.399 e. The van der Waals surface area contributed by atoms with Gasteiger partial charge in [0, 0.05) is 18.4 Å². The Morgan fingerprint density at radius 3 is 2.48 bits per heavy atom. The first kappa shape index (κ1) is 15.0. The topological polar surface area (TPSA) is 60.0 Å². The van der Waals surface area contributed by atoms with Crippen molar-refractivity contribution in [3.05, 3.63) is 53.9 Å². The van der Waals surface area contributed by atoms with Crippen LogP contribution in [-0.4, -0.2) is 16.7 Å². The highest BCUT2D eigenvalue weighted by Gasteiger charge is 2.29. The molecule has 4 nitrogen and oxygen atoms in total. The van der Waals surface area contributed by atoms with Crippen LogP contribution in [0.25, 0.3) is 0 Å². The van der Waals surface area contributed by atoms with E-state index in [0.29, 0.717) is 5.69 Å². The van der Waals surface area contributed by atoms with Crippen LogP contribution in [0.4, 0.5) is 18.9 Å². The normalized spacial score (nSPS) is 11.4. The van der Waals surface area contributed by atoms with E-state index < -0.39 is 18.6 Å². The number of amides is 1. The van der Waals surface area contributed by atoms with Gasteiger partial charge in [-0.1, -0.05) is 12.1 Å². The fourth-order valence-corrected chi connectivity index (χ4v) is 1.86. The molecule has 0 saturated heterocycles. The molecule has 0 spiro atoms. The van der Waals surface area contributed by atoms with Gasteiger partial charge in [0.15, 0.2) is 0 Å². The van der Waals surface area contributed by atoms with Gasteiger partial charge in [-0.15, -0.1) is 0 Å². The van der Waals surface area contributed by atoms with Gasteiger partial charge in [-0.3, -0.25) is 4.79 Å². The Morgan fingerprint density at radius 2 is 1.86 bits per heavy atom. The smallest absolute Gasteiger partial charge is 0.399 e. The minimum atomic E-state index is -4.37. The molecule has 0 saturated carbocycles. The molecule has 1 aromatic heterocycles. The van der Waals surface area contributed by atoms with Crippen LogP contribution in [0.15, 0.2) is 42.6 Å². The highest BCUT2D eigenvalue weighted by Crippen LogP contribution is 2.19. The van der Waals surface area contributed by atoms with E-state index in [9.17, 15) is 18.0 Å². The maximum atomic E-state index is 12.4. The third kappa shape index (κ3) is 4.27. The van der Waals surface area contributed by atoms with Crippen LogP contribution in [-0.2, 0) is 13.1 Å². The third-order valence-electron chi connectivity index (χ3n) is 2.84. The summed E-state index contributed by atoms with van der Waals surface area (Å²) in [5.41, 5.74) is 6.93. The molecule has 112 valence electrons. The second-order valence-electron chi connectivity index (χ2n) is 4.56. The second kappa shape index (κ2) is 5.90. The van der Waals surface area contributed by atoms with Crippen molar-refractivity contribution in [1.29, 1.82) is 0 Å². The van der Waals surface area contributed by atoms with E-state index in [1.54, 1.807) is 24.3 Å². The monoisotopic (exact) mass is 297 g/mol. The standard InChI is InChI=1S/C14H14F3N3O/c15-14(16,17)9-20-7-1-2-12(20)13(21)19-8-10-3-5-11(18)6-4-10/h1-7H,8-9,18H2,(H,19,21). The molecule has 1 amide bonds. The molecule has 0 aliphatic carbocycles. The molecular formula is C14H14F3N3O. The lowest BCUT2D eigenvalue weighted by atomic mass is 10.2. The van der Waals surface area contributed by atoms with E-state index in [-0.39, 0.29) is 12.2 Å². The highest BCUT2D eigenvalue weighted by molar-refractivity contribution is 5.92. The summed E-state index contributed by atoms with van der Waals surface area (Å²) in [6.07, 6.45) is -3.14. The number of alkyl halides is 3. The molecular weight excluding hydrogens is 283 g/mol. The number of halogens is 3. The fourth-order valence-electron chi connectivity index (χ4n) is 1.86. The summed E-state index contributed by atoms with van der Waals surface area (Å²) in [5.74, 6) is -0.555. The van der Waals surface area contributed by atoms with E-state index in [1.165, 1.54) is 18.3 Å². The lowest BCUT2D eigenvalue weighted by Crippen LogP contribution is -2.27. The van der Waals surface area contributed by atoms with Gasteiger partial charge in [0.1, 0.15) is 12.2 Å². The molecule has 0 aliphatic heterocycles. The molecule has 0 atom stereocenters. The Balaban J connectivity index is 2.01. The number of nitrogens with two attached hydrogens (primary N) is 1. The Morgan fingerprint density at radius 1 is 1.19 bits per heavy atom. The summed E-state index contributed by atoms with van der Waals surface area (Å²) in [4.78, 5) is 11.9. The fraction of sp³-hybridized carbons (Fsp3) is 0.214. The van der Waals surface area contributed by atoms with Crippen LogP contribution >= 0.6 is 0 Å². The number of hydrogen-bond donors (Lipinski definition) is 2. The van der Waals surface area contributed by atoms with Gasteiger partial charge >= 0.3 is 6.18 Å². The SMILES string of the molecule is Nc1ccc(CNC(=O)c2cccn2CC(F)(F)F)cc1. The number of nitrogens with zero attached hydrogens (tertiary/aromatic N) is 1. The third-order valence-corrected chi connectivity index (χ3v) is 2.84. The average Bonchev–Trinajstić information content (AvgIpc) is 2.83. The van der Waals surface area contributed by atoms with Crippen molar-refractivity contribution in [2.75, 3.05) is 5.73 Å². The van der Waals surface area contributed by atoms with Gasteiger partial charge in [0.2, 0.25) is 0 Å². The summed E-state index contributed by atoms with van der Waals surface area (Å²) >= 11 is 0. The Kier molecular flexibility index (Phi) is 4.21. The number of anilines is 1. The molecule has 7 heteroatoms. The molecule has 2 rings (SSSR count). The zero-order valence-electron chi connectivity index (χ0n) is 11.0. The number of nitrogen functional groups attached to an aromatic ring is 1. The van der Waals surface area contributed by atoms with Gasteiger partial charge in [0.25, 0.3) is 5.91 Å². The van der Waals surface area contributed by atoms with Crippen molar-refractivity contribution >= 4 is 11.6 Å². The van der Waals surface area contributed by atoms with E-state index in [0.717, 1.165) is 10.1 Å². The molecule has 0 aliphatic rings. The predicted molar refractivity (Wildman–Crippen MR) is 72.5 cm³/mol. The number of hydrogen-bond acceptors (Lipinski definition) is 2. The van der Waals surface area contributed by atoms with Crippen molar-refractivity contribution in [3.63, 3.8) is 0 Å². The lowest BCUT2D eigenvalue weighted by molar-refractivity contribution is -0.140. The van der Waals surface area contributed by atoms with Crippen LogP contribution in [0.3, 0.4) is 0 Å². The van der Waals surface area contributed by atoms with Crippen LogP contribution in [0.5, 0.6) is 0 Å². The summed E-state index contributed by atoms with van der Waals surface area (Å²) < 4.78 is 38.0. The first-order chi connectivity index (χ1) is 9.85. The number of aromatic nitrogens is 1. The maximum absolute atomic E-state index is 12.4. The number of carbonyl (C=O) groups excluding carboxylic acids is 1. The lowest BCUT2D eigenvalue weighted by Gasteiger charge is -2.12. The summed E-state index contributed by atoms with van der Waals surface area (Å²) in [6.45, 7) is -0.971. The molecule has 0 radical (unpaired) electrons. The average molecular weight is 297 g/mol. The predicted octanol–water partition coefficient (Wildman–Crippen LogP) is 2.56. The Bertz CT molecular complexity index is 617. The Hall–Kier alpha value is -2.44. The summed E-state index contributed by atoms with van der Waals surface area (Å²) in [5, 5.41) is 2.58. The summed E-state index contributed by atoms with van der Waals surface area (Å²) in [6, 6.07) is 9.62. The van der Waals surface area contributed by atoms with Crippen molar-refractivity contribution in [2.45, 2.75) is 19.3 Å². The Labute approximate surface area is 119 Å². The second-order valence-corrected chi connectivity index (χ2v) is 4.56. The molecule has 3 N–H and O–H groups in total. The van der Waals surface area contributed by atoms with E-state index >= 15 is 0 Å². The van der Waals surface area contributed by atoms with Crippen molar-refractivity contribution in [1.82, 2.24) is 9.88 Å². The van der Waals surface area contributed by atoms with Gasteiger partial charge in [-0.2, -0.15) is 13.2 Å². The number of carbonyl (C=O) groups is 1. The zero-order chi connectivity index (χ0) is 15.5. The van der Waals surface area contributed by atoms with E-state index in [4.69, 9.17) is 5.73 Å². The van der Waals surface area contributed by atoms with Crippen LogP contribution in [0.1, 0.15) is 16.1 Å². The quantitative estimate of drug-likeness (QED) is 0.852. The maximum Gasteiger partial charge on any atom is 0.406 e. The van der Waals surface area contributed by atoms with Crippen molar-refractivity contribution in [3.8, 4) is 0 Å². The molecule has 0 fully saturated rings. The first-order valence-electron chi connectivity index (χ1n) is 6.20. The number of rotatable bonds is 4. The highest BCUT2D eigenvalue weighted by atomic mass is 19.4. The largest absolute Gasteiger partial charge is 0.406 e. The van der Waals surface area contributed by atoms with E-state index in [2.05, 4.69) is 5.32 Å². The van der Waals surface area contributed by atoms with Crippen LogP contribution in [0, 0.1) is 0 Å². The zero-order valence-corrected chi connectivity index (χ0v) is 11.0. The molecule has 0 unspecified atom stereocenters. The number of benzene rings is 1. The molecule has 21 heavy (non-hydrogen) atoms. The minimum absolute atomic E-state index is 0.0252. The van der Waals surface area contributed by atoms with Crippen LogP contribution < -0.4 is 11.1 Å². The van der Waals surface area contributed by atoms with Gasteiger partial charge < -0.3 is 15.6 Å².